The van der Waals surface area contributed by atoms with Gasteiger partial charge < -0.3 is 20.3 Å². The van der Waals surface area contributed by atoms with Crippen molar-refractivity contribution in [1.82, 2.24) is 5.32 Å². The predicted octanol–water partition coefficient (Wildman–Crippen LogP) is 22.4. The van der Waals surface area contributed by atoms with Crippen LogP contribution in [0, 0.1) is 0 Å². The standard InChI is InChI=1S/C70H137NO5/c1-3-5-7-9-11-13-15-17-19-21-23-24-27-30-34-38-42-46-50-54-58-62-68(73)67(66-72)71-69(74)63-59-55-51-47-43-39-35-31-28-25-29-33-37-41-45-49-53-57-61-65-76-70(75)64-60-56-52-48-44-40-36-32-26-22-20-18-16-14-12-10-8-6-4-2/h58,62,67-68,72-73H,3-57,59-61,63-66H2,1-2H3,(H,71,74)/b62-58+. The maximum absolute atomic E-state index is 12.5. The fourth-order valence-corrected chi connectivity index (χ4v) is 11.2. The molecule has 0 fully saturated rings. The highest BCUT2D eigenvalue weighted by Crippen LogP contribution is 2.19. The molecule has 6 nitrogen and oxygen atoms in total. The molecule has 0 aliphatic heterocycles. The first-order valence-corrected chi connectivity index (χ1v) is 35.0. The molecule has 2 atom stereocenters. The molecule has 0 aromatic carbocycles. The summed E-state index contributed by atoms with van der Waals surface area (Å²) in [5.74, 6) is -0.0518. The minimum atomic E-state index is -0.847. The number of aliphatic hydroxyl groups is 2. The molecule has 2 unspecified atom stereocenters. The number of ether oxygens (including phenoxy) is 1. The predicted molar refractivity (Wildman–Crippen MR) is 333 cm³/mol. The molecule has 0 radical (unpaired) electrons. The number of unbranched alkanes of at least 4 members (excludes halogenated alkanes) is 55. The van der Waals surface area contributed by atoms with Crippen LogP contribution in [0.1, 0.15) is 399 Å². The Morgan fingerprint density at radius 1 is 0.355 bits per heavy atom. The number of allylic oxidation sites excluding steroid dienone is 1. The first-order chi connectivity index (χ1) is 37.5. The summed E-state index contributed by atoms with van der Waals surface area (Å²) in [6, 6.07) is -0.630. The summed E-state index contributed by atoms with van der Waals surface area (Å²) in [6.07, 6.45) is 81.3. The molecule has 76 heavy (non-hydrogen) atoms. The molecule has 6 heteroatoms. The summed E-state index contributed by atoms with van der Waals surface area (Å²) in [7, 11) is 0. The van der Waals surface area contributed by atoms with Gasteiger partial charge >= 0.3 is 5.97 Å². The smallest absolute Gasteiger partial charge is 0.305 e. The highest BCUT2D eigenvalue weighted by Gasteiger charge is 2.18. The van der Waals surface area contributed by atoms with Crippen LogP contribution >= 0.6 is 0 Å². The minimum absolute atomic E-state index is 0.0144. The highest BCUT2D eigenvalue weighted by atomic mass is 16.5. The van der Waals surface area contributed by atoms with E-state index in [1.165, 1.54) is 334 Å². The van der Waals surface area contributed by atoms with E-state index in [1.807, 2.05) is 6.08 Å². The third-order valence-corrected chi connectivity index (χ3v) is 16.6. The third kappa shape index (κ3) is 61.8. The third-order valence-electron chi connectivity index (χ3n) is 16.6. The van der Waals surface area contributed by atoms with E-state index in [0.29, 0.717) is 19.4 Å². The fourth-order valence-electron chi connectivity index (χ4n) is 11.2. The quantitative estimate of drug-likeness (QED) is 0.0320. The van der Waals surface area contributed by atoms with Gasteiger partial charge in [0.05, 0.1) is 25.4 Å². The number of rotatable bonds is 66. The van der Waals surface area contributed by atoms with Gasteiger partial charge in [0, 0.05) is 12.8 Å². The largest absolute Gasteiger partial charge is 0.466 e. The number of amides is 1. The van der Waals surface area contributed by atoms with Crippen LogP contribution in [0.25, 0.3) is 0 Å². The van der Waals surface area contributed by atoms with Crippen molar-refractivity contribution >= 4 is 11.9 Å². The number of nitrogens with one attached hydrogen (secondary N) is 1. The summed E-state index contributed by atoms with van der Waals surface area (Å²) in [6.45, 7) is 4.95. The van der Waals surface area contributed by atoms with Crippen LogP contribution in [0.3, 0.4) is 0 Å². The second-order valence-corrected chi connectivity index (χ2v) is 24.2. The van der Waals surface area contributed by atoms with Crippen molar-refractivity contribution in [3.63, 3.8) is 0 Å². The second-order valence-electron chi connectivity index (χ2n) is 24.2. The van der Waals surface area contributed by atoms with Crippen molar-refractivity contribution in [2.24, 2.45) is 0 Å². The first-order valence-electron chi connectivity index (χ1n) is 35.0. The Morgan fingerprint density at radius 3 is 0.895 bits per heavy atom. The van der Waals surface area contributed by atoms with Gasteiger partial charge in [-0.1, -0.05) is 366 Å². The molecular formula is C70H137NO5. The Labute approximate surface area is 476 Å². The summed E-state index contributed by atoms with van der Waals surface area (Å²) in [5.41, 5.74) is 0. The lowest BCUT2D eigenvalue weighted by Gasteiger charge is -2.20. The molecule has 0 heterocycles. The van der Waals surface area contributed by atoms with Gasteiger partial charge in [-0.05, 0) is 32.1 Å². The van der Waals surface area contributed by atoms with E-state index >= 15 is 0 Å². The lowest BCUT2D eigenvalue weighted by atomic mass is 10.0. The van der Waals surface area contributed by atoms with E-state index in [1.54, 1.807) is 6.08 Å². The number of hydrogen-bond acceptors (Lipinski definition) is 5. The Bertz CT molecular complexity index is 1140. The molecule has 1 amide bonds. The Kier molecular flexibility index (Phi) is 64.9. The molecule has 0 rings (SSSR count). The maximum atomic E-state index is 12.5. The van der Waals surface area contributed by atoms with Crippen molar-refractivity contribution < 1.29 is 24.5 Å². The maximum Gasteiger partial charge on any atom is 0.305 e. The molecule has 0 saturated heterocycles. The van der Waals surface area contributed by atoms with Gasteiger partial charge in [0.1, 0.15) is 0 Å². The van der Waals surface area contributed by atoms with Gasteiger partial charge in [-0.25, -0.2) is 0 Å². The number of carbonyl (C=O) groups is 2. The van der Waals surface area contributed by atoms with Crippen LogP contribution in [-0.4, -0.2) is 47.4 Å². The summed E-state index contributed by atoms with van der Waals surface area (Å²) >= 11 is 0. The summed E-state index contributed by atoms with van der Waals surface area (Å²) < 4.78 is 5.51. The molecule has 0 spiro atoms. The zero-order valence-corrected chi connectivity index (χ0v) is 51.8. The van der Waals surface area contributed by atoms with Gasteiger partial charge in [-0.3, -0.25) is 9.59 Å². The number of aliphatic hydroxyl groups excluding tert-OH is 2. The molecule has 0 aliphatic carbocycles. The SMILES string of the molecule is CCCCCCCCCCCCCCCCCCCCC/C=C/C(O)C(CO)NC(=O)CCCCCCCCCCCCCCCCCCCCCOC(=O)CCCCCCCCCCCCCCCCCCCCC. The Balaban J connectivity index is 3.40. The van der Waals surface area contributed by atoms with Crippen LogP contribution in [-0.2, 0) is 14.3 Å². The van der Waals surface area contributed by atoms with E-state index in [0.717, 1.165) is 38.5 Å². The molecule has 452 valence electrons. The van der Waals surface area contributed by atoms with E-state index in [-0.39, 0.29) is 18.5 Å². The second kappa shape index (κ2) is 66.1. The highest BCUT2D eigenvalue weighted by molar-refractivity contribution is 5.76. The van der Waals surface area contributed by atoms with Crippen molar-refractivity contribution in [2.45, 2.75) is 411 Å². The average molecular weight is 1070 g/mol. The van der Waals surface area contributed by atoms with Crippen molar-refractivity contribution in [3.8, 4) is 0 Å². The van der Waals surface area contributed by atoms with Crippen LogP contribution < -0.4 is 5.32 Å². The molecular weight excluding hydrogens is 935 g/mol. The molecule has 0 aliphatic rings. The van der Waals surface area contributed by atoms with E-state index in [9.17, 15) is 19.8 Å². The number of hydrogen-bond donors (Lipinski definition) is 3. The molecule has 0 bridgehead atoms. The normalized spacial score (nSPS) is 12.5. The Hall–Kier alpha value is -1.40. The first kappa shape index (κ1) is 74.6. The van der Waals surface area contributed by atoms with Crippen molar-refractivity contribution in [3.05, 3.63) is 12.2 Å². The van der Waals surface area contributed by atoms with Crippen molar-refractivity contribution in [1.29, 1.82) is 0 Å². The van der Waals surface area contributed by atoms with Gasteiger partial charge in [0.2, 0.25) is 5.91 Å². The van der Waals surface area contributed by atoms with Crippen LogP contribution in [0.4, 0.5) is 0 Å². The van der Waals surface area contributed by atoms with Crippen LogP contribution in [0.2, 0.25) is 0 Å². The van der Waals surface area contributed by atoms with Gasteiger partial charge in [0.15, 0.2) is 0 Å². The molecule has 3 N–H and O–H groups in total. The van der Waals surface area contributed by atoms with Crippen LogP contribution in [0.5, 0.6) is 0 Å². The summed E-state index contributed by atoms with van der Waals surface area (Å²) in [5, 5.41) is 23.2. The van der Waals surface area contributed by atoms with Gasteiger partial charge in [-0.15, -0.1) is 0 Å². The zero-order valence-electron chi connectivity index (χ0n) is 51.8. The molecule has 0 aromatic heterocycles. The monoisotopic (exact) mass is 1070 g/mol. The van der Waals surface area contributed by atoms with Crippen molar-refractivity contribution in [2.75, 3.05) is 13.2 Å². The molecule has 0 saturated carbocycles. The zero-order chi connectivity index (χ0) is 55.0. The lowest BCUT2D eigenvalue weighted by Crippen LogP contribution is -2.45. The summed E-state index contributed by atoms with van der Waals surface area (Å²) in [4.78, 5) is 24.6. The van der Waals surface area contributed by atoms with Gasteiger partial charge in [-0.2, -0.15) is 0 Å². The molecule has 0 aromatic rings. The lowest BCUT2D eigenvalue weighted by molar-refractivity contribution is -0.143. The van der Waals surface area contributed by atoms with E-state index in [2.05, 4.69) is 19.2 Å². The van der Waals surface area contributed by atoms with E-state index < -0.39 is 12.1 Å². The number of esters is 1. The van der Waals surface area contributed by atoms with Gasteiger partial charge in [0.25, 0.3) is 0 Å². The topological polar surface area (TPSA) is 95.9 Å². The van der Waals surface area contributed by atoms with Crippen LogP contribution in [0.15, 0.2) is 12.2 Å². The number of carbonyl (C=O) groups excluding carboxylic acids is 2. The van der Waals surface area contributed by atoms with E-state index in [4.69, 9.17) is 4.74 Å². The fraction of sp³-hybridized carbons (Fsp3) is 0.943. The minimum Gasteiger partial charge on any atom is -0.466 e. The Morgan fingerprint density at radius 2 is 0.605 bits per heavy atom. The average Bonchev–Trinajstić information content (AvgIpc) is 3.42.